The van der Waals surface area contributed by atoms with Crippen LogP contribution in [0.25, 0.3) is 11.0 Å². The van der Waals surface area contributed by atoms with Gasteiger partial charge in [0.15, 0.2) is 11.9 Å². The van der Waals surface area contributed by atoms with Gasteiger partial charge < -0.3 is 9.15 Å². The van der Waals surface area contributed by atoms with Gasteiger partial charge in [0.2, 0.25) is 0 Å². The van der Waals surface area contributed by atoms with E-state index in [4.69, 9.17) is 20.8 Å². The second-order valence-electron chi connectivity index (χ2n) is 5.34. The number of unbranched alkanes of at least 4 members (excludes halogenated alkanes) is 1. The molecule has 1 aromatic carbocycles. The molecule has 118 valence electrons. The van der Waals surface area contributed by atoms with Crippen LogP contribution in [0.15, 0.2) is 27.4 Å². The van der Waals surface area contributed by atoms with Crippen LogP contribution in [0.4, 0.5) is 0 Å². The first-order valence-corrected chi connectivity index (χ1v) is 7.73. The highest BCUT2D eigenvalue weighted by atomic mass is 35.5. The number of aryl methyl sites for hydroxylation is 1. The van der Waals surface area contributed by atoms with Gasteiger partial charge in [0.25, 0.3) is 0 Å². The Hall–Kier alpha value is -1.81. The Bertz CT molecular complexity index is 748. The predicted molar refractivity (Wildman–Crippen MR) is 86.9 cm³/mol. The predicted octanol–water partition coefficient (Wildman–Crippen LogP) is 4.15. The van der Waals surface area contributed by atoms with Gasteiger partial charge in [-0.15, -0.1) is 0 Å². The summed E-state index contributed by atoms with van der Waals surface area (Å²) in [4.78, 5) is 23.0. The van der Waals surface area contributed by atoms with Gasteiger partial charge in [0, 0.05) is 17.5 Å². The number of benzene rings is 1. The Morgan fingerprint density at radius 3 is 2.73 bits per heavy atom. The molecule has 5 heteroatoms. The highest BCUT2D eigenvalue weighted by Gasteiger charge is 2.15. The van der Waals surface area contributed by atoms with E-state index in [0.717, 1.165) is 30.2 Å². The number of ether oxygens (including phenoxy) is 1. The quantitative estimate of drug-likeness (QED) is 0.750. The summed E-state index contributed by atoms with van der Waals surface area (Å²) < 4.78 is 10.8. The number of carbonyl (C=O) groups is 1. The van der Waals surface area contributed by atoms with E-state index < -0.39 is 11.7 Å². The molecule has 0 bridgehead atoms. The molecule has 0 aliphatic heterocycles. The second-order valence-corrected chi connectivity index (χ2v) is 5.75. The molecule has 4 nitrogen and oxygen atoms in total. The van der Waals surface area contributed by atoms with Crippen molar-refractivity contribution in [2.45, 2.75) is 46.1 Å². The number of fused-ring (bicyclic) bond motifs is 1. The van der Waals surface area contributed by atoms with Crippen LogP contribution in [0, 0.1) is 0 Å². The van der Waals surface area contributed by atoms with E-state index in [2.05, 4.69) is 6.92 Å². The normalized spacial score (nSPS) is 12.4. The third kappa shape index (κ3) is 3.69. The van der Waals surface area contributed by atoms with Crippen molar-refractivity contribution >= 4 is 28.4 Å². The summed E-state index contributed by atoms with van der Waals surface area (Å²) in [6.45, 7) is 5.19. The van der Waals surface area contributed by atoms with E-state index in [0.29, 0.717) is 16.4 Å². The third-order valence-corrected chi connectivity index (χ3v) is 3.85. The van der Waals surface area contributed by atoms with Crippen LogP contribution in [-0.4, -0.2) is 11.9 Å². The fourth-order valence-electron chi connectivity index (χ4n) is 2.17. The van der Waals surface area contributed by atoms with Crippen molar-refractivity contribution in [1.29, 1.82) is 0 Å². The Balaban J connectivity index is 2.49. The molecule has 0 fully saturated rings. The lowest BCUT2D eigenvalue weighted by Crippen LogP contribution is -2.20. The number of carbonyl (C=O) groups excluding carboxylic acids is 1. The van der Waals surface area contributed by atoms with E-state index in [1.807, 2.05) is 0 Å². The average Bonchev–Trinajstić information content (AvgIpc) is 2.46. The minimum Gasteiger partial charge on any atom is -0.481 e. The van der Waals surface area contributed by atoms with Gasteiger partial charge in [-0.05, 0) is 38.3 Å². The molecule has 0 amide bonds. The van der Waals surface area contributed by atoms with Gasteiger partial charge >= 0.3 is 5.63 Å². The fourth-order valence-corrected chi connectivity index (χ4v) is 2.37. The number of hydrogen-bond donors (Lipinski definition) is 0. The van der Waals surface area contributed by atoms with Gasteiger partial charge in [0.1, 0.15) is 11.3 Å². The van der Waals surface area contributed by atoms with Crippen LogP contribution < -0.4 is 10.4 Å². The molecule has 0 radical (unpaired) electrons. The lowest BCUT2D eigenvalue weighted by atomic mass is 10.0. The maximum Gasteiger partial charge on any atom is 0.336 e. The molecule has 22 heavy (non-hydrogen) atoms. The van der Waals surface area contributed by atoms with Crippen molar-refractivity contribution in [2.75, 3.05) is 0 Å². The van der Waals surface area contributed by atoms with Gasteiger partial charge in [-0.1, -0.05) is 24.9 Å². The van der Waals surface area contributed by atoms with Crippen LogP contribution in [0.5, 0.6) is 5.75 Å². The zero-order valence-corrected chi connectivity index (χ0v) is 13.7. The van der Waals surface area contributed by atoms with Crippen molar-refractivity contribution in [3.8, 4) is 5.75 Å². The lowest BCUT2D eigenvalue weighted by molar-refractivity contribution is -0.122. The highest BCUT2D eigenvalue weighted by molar-refractivity contribution is 6.32. The van der Waals surface area contributed by atoms with Crippen LogP contribution in [0.1, 0.15) is 39.2 Å². The molecule has 0 unspecified atom stereocenters. The van der Waals surface area contributed by atoms with Crippen molar-refractivity contribution in [3.63, 3.8) is 0 Å². The van der Waals surface area contributed by atoms with Crippen LogP contribution >= 0.6 is 11.6 Å². The fraction of sp³-hybridized carbons (Fsp3) is 0.412. The van der Waals surface area contributed by atoms with E-state index in [1.54, 1.807) is 19.1 Å². The molecule has 0 saturated carbocycles. The lowest BCUT2D eigenvalue weighted by Gasteiger charge is -2.14. The standard InChI is InChI=1S/C17H19ClO4/c1-4-5-6-12-7-17(20)22-15-9-16(14(18)8-13(12)15)21-11(3)10(2)19/h7-9,11H,4-6H2,1-3H3/t11-/m0/s1. The molecule has 1 aromatic heterocycles. The summed E-state index contributed by atoms with van der Waals surface area (Å²) in [6.07, 6.45) is 2.20. The van der Waals surface area contributed by atoms with Gasteiger partial charge in [-0.2, -0.15) is 0 Å². The first-order valence-electron chi connectivity index (χ1n) is 7.35. The SMILES string of the molecule is CCCCc1cc(=O)oc2cc(O[C@@H](C)C(C)=O)c(Cl)cc12. The molecule has 1 atom stereocenters. The molecular weight excluding hydrogens is 304 g/mol. The second kappa shape index (κ2) is 6.97. The summed E-state index contributed by atoms with van der Waals surface area (Å²) in [5.41, 5.74) is 0.946. The molecule has 0 spiro atoms. The Morgan fingerprint density at radius 1 is 1.36 bits per heavy atom. The molecule has 0 aliphatic carbocycles. The largest absolute Gasteiger partial charge is 0.481 e. The molecule has 2 rings (SSSR count). The monoisotopic (exact) mass is 322 g/mol. The van der Waals surface area contributed by atoms with Gasteiger partial charge in [-0.3, -0.25) is 4.79 Å². The van der Waals surface area contributed by atoms with Crippen molar-refractivity contribution < 1.29 is 13.9 Å². The van der Waals surface area contributed by atoms with E-state index in [9.17, 15) is 9.59 Å². The molecule has 0 N–H and O–H groups in total. The number of ketones is 1. The number of halogens is 1. The molecular formula is C17H19ClO4. The molecule has 2 aromatic rings. The molecule has 1 heterocycles. The Kier molecular flexibility index (Phi) is 5.24. The van der Waals surface area contributed by atoms with Gasteiger partial charge in [0.05, 0.1) is 5.02 Å². The maximum atomic E-state index is 11.7. The average molecular weight is 323 g/mol. The summed E-state index contributed by atoms with van der Waals surface area (Å²) in [6, 6.07) is 4.81. The number of rotatable bonds is 6. The molecule has 0 saturated heterocycles. The van der Waals surface area contributed by atoms with Crippen LogP contribution in [0.3, 0.4) is 0 Å². The van der Waals surface area contributed by atoms with E-state index >= 15 is 0 Å². The zero-order chi connectivity index (χ0) is 16.3. The Morgan fingerprint density at radius 2 is 2.09 bits per heavy atom. The summed E-state index contributed by atoms with van der Waals surface area (Å²) in [7, 11) is 0. The number of Topliss-reactive ketones (excluding diaryl/α,β-unsaturated/α-hetero) is 1. The summed E-state index contributed by atoms with van der Waals surface area (Å²) in [5, 5.41) is 1.20. The first kappa shape index (κ1) is 16.6. The summed E-state index contributed by atoms with van der Waals surface area (Å²) in [5.74, 6) is 0.238. The third-order valence-electron chi connectivity index (χ3n) is 3.56. The zero-order valence-electron chi connectivity index (χ0n) is 12.9. The highest BCUT2D eigenvalue weighted by Crippen LogP contribution is 2.32. The number of hydrogen-bond acceptors (Lipinski definition) is 4. The topological polar surface area (TPSA) is 56.5 Å². The summed E-state index contributed by atoms with van der Waals surface area (Å²) >= 11 is 6.24. The smallest absolute Gasteiger partial charge is 0.336 e. The van der Waals surface area contributed by atoms with Crippen LogP contribution in [-0.2, 0) is 11.2 Å². The molecule has 0 aliphatic rings. The van der Waals surface area contributed by atoms with E-state index in [1.165, 1.54) is 13.0 Å². The van der Waals surface area contributed by atoms with E-state index in [-0.39, 0.29) is 5.78 Å². The minimum atomic E-state index is -0.607. The first-order chi connectivity index (χ1) is 10.4. The minimum absolute atomic E-state index is 0.102. The van der Waals surface area contributed by atoms with Crippen molar-refractivity contribution in [1.82, 2.24) is 0 Å². The van der Waals surface area contributed by atoms with Crippen molar-refractivity contribution in [3.05, 3.63) is 39.2 Å². The van der Waals surface area contributed by atoms with Crippen molar-refractivity contribution in [2.24, 2.45) is 0 Å². The van der Waals surface area contributed by atoms with Crippen LogP contribution in [0.2, 0.25) is 5.02 Å². The Labute approximate surface area is 134 Å². The maximum absolute atomic E-state index is 11.7. The van der Waals surface area contributed by atoms with Gasteiger partial charge in [-0.25, -0.2) is 4.79 Å².